The summed E-state index contributed by atoms with van der Waals surface area (Å²) in [5.41, 5.74) is 11.2. The second kappa shape index (κ2) is 11.7. The first-order chi connectivity index (χ1) is 24.7. The molecule has 0 unspecified atom stereocenters. The van der Waals surface area contributed by atoms with Gasteiger partial charge in [-0.3, -0.25) is 0 Å². The fourth-order valence-electron chi connectivity index (χ4n) is 7.08. The number of hydrogen-bond donors (Lipinski definition) is 0. The average molecular weight is 657 g/mol. The van der Waals surface area contributed by atoms with Gasteiger partial charge in [-0.25, -0.2) is 9.97 Å². The quantitative estimate of drug-likeness (QED) is 0.185. The van der Waals surface area contributed by atoms with Gasteiger partial charge in [0.05, 0.1) is 11.4 Å². The minimum absolute atomic E-state index is 0.701. The Morgan fingerprint density at radius 3 is 1.86 bits per heavy atom. The van der Waals surface area contributed by atoms with E-state index in [1.54, 1.807) is 0 Å². The van der Waals surface area contributed by atoms with Crippen molar-refractivity contribution >= 4 is 53.4 Å². The Labute approximate surface area is 292 Å². The average Bonchev–Trinajstić information content (AvgIpc) is 3.76. The zero-order valence-corrected chi connectivity index (χ0v) is 27.7. The fraction of sp³-hybridized carbons (Fsp3) is 0. The molecule has 3 aromatic heterocycles. The SMILES string of the molecule is c1ccc(-c2cc(-c3ccc4oc5ccccc5c4c3)cc(-c3cc(-c4cccc5sc6ccccc6c45)nc(-c4ccccc4)n3)c2)cc1. The van der Waals surface area contributed by atoms with Crippen LogP contribution in [0.3, 0.4) is 0 Å². The summed E-state index contributed by atoms with van der Waals surface area (Å²) in [6, 6.07) is 59.7. The van der Waals surface area contributed by atoms with Gasteiger partial charge in [0.25, 0.3) is 0 Å². The number of para-hydroxylation sites is 1. The van der Waals surface area contributed by atoms with Crippen LogP contribution in [0.15, 0.2) is 174 Å². The molecule has 234 valence electrons. The summed E-state index contributed by atoms with van der Waals surface area (Å²) in [5.74, 6) is 0.701. The lowest BCUT2D eigenvalue weighted by Gasteiger charge is -2.14. The molecule has 0 bridgehead atoms. The van der Waals surface area contributed by atoms with E-state index in [0.717, 1.165) is 72.3 Å². The van der Waals surface area contributed by atoms with Gasteiger partial charge in [0, 0.05) is 47.6 Å². The van der Waals surface area contributed by atoms with Crippen LogP contribution >= 0.6 is 11.3 Å². The van der Waals surface area contributed by atoms with Crippen molar-refractivity contribution < 1.29 is 4.42 Å². The molecule has 0 aliphatic rings. The Balaban J connectivity index is 1.22. The van der Waals surface area contributed by atoms with Crippen molar-refractivity contribution in [3.05, 3.63) is 170 Å². The number of nitrogens with zero attached hydrogens (tertiary/aromatic N) is 2. The lowest BCUT2D eigenvalue weighted by molar-refractivity contribution is 0.669. The molecule has 0 fully saturated rings. The third-order valence-electron chi connectivity index (χ3n) is 9.48. The van der Waals surface area contributed by atoms with Crippen molar-refractivity contribution in [2.75, 3.05) is 0 Å². The maximum absolute atomic E-state index is 6.18. The number of aromatic nitrogens is 2. The number of furan rings is 1. The number of rotatable bonds is 5. The van der Waals surface area contributed by atoms with Gasteiger partial charge in [0.2, 0.25) is 0 Å². The molecule has 10 aromatic rings. The van der Waals surface area contributed by atoms with Crippen LogP contribution in [0.25, 0.3) is 98.3 Å². The van der Waals surface area contributed by atoms with Gasteiger partial charge in [0.15, 0.2) is 5.82 Å². The van der Waals surface area contributed by atoms with Crippen LogP contribution in [0.4, 0.5) is 0 Å². The summed E-state index contributed by atoms with van der Waals surface area (Å²) in [5, 5.41) is 4.71. The van der Waals surface area contributed by atoms with Gasteiger partial charge in [-0.2, -0.15) is 0 Å². The van der Waals surface area contributed by atoms with E-state index in [4.69, 9.17) is 14.4 Å². The van der Waals surface area contributed by atoms with Crippen LogP contribution in [0.1, 0.15) is 0 Å². The van der Waals surface area contributed by atoms with E-state index in [9.17, 15) is 0 Å². The second-order valence-corrected chi connectivity index (χ2v) is 13.7. The van der Waals surface area contributed by atoms with Crippen LogP contribution in [0.5, 0.6) is 0 Å². The number of benzene rings is 7. The highest BCUT2D eigenvalue weighted by molar-refractivity contribution is 7.25. The zero-order valence-electron chi connectivity index (χ0n) is 26.9. The maximum Gasteiger partial charge on any atom is 0.160 e. The van der Waals surface area contributed by atoms with Gasteiger partial charge < -0.3 is 4.42 Å². The predicted octanol–water partition coefficient (Wildman–Crippen LogP) is 13.1. The first-order valence-electron chi connectivity index (χ1n) is 16.7. The lowest BCUT2D eigenvalue weighted by Crippen LogP contribution is -1.97. The monoisotopic (exact) mass is 656 g/mol. The molecular formula is C46H28N2OS. The molecular weight excluding hydrogens is 629 g/mol. The molecule has 4 heteroatoms. The Morgan fingerprint density at radius 2 is 1.02 bits per heavy atom. The summed E-state index contributed by atoms with van der Waals surface area (Å²) in [6.07, 6.45) is 0. The number of hydrogen-bond acceptors (Lipinski definition) is 4. The van der Waals surface area contributed by atoms with E-state index in [1.165, 1.54) is 20.2 Å². The Morgan fingerprint density at radius 1 is 0.380 bits per heavy atom. The molecule has 0 saturated carbocycles. The van der Waals surface area contributed by atoms with E-state index >= 15 is 0 Å². The third kappa shape index (κ3) is 4.89. The van der Waals surface area contributed by atoms with Crippen molar-refractivity contribution in [2.45, 2.75) is 0 Å². The highest BCUT2D eigenvalue weighted by atomic mass is 32.1. The standard InChI is InChI=1S/C46H28N2OS/c1-3-12-29(13-4-1)32-24-33(31-22-23-42-38(27-31)35-16-7-9-19-41(35)49-42)26-34(25-32)39-28-40(48-46(47-39)30-14-5-2-6-15-30)36-18-11-21-44-45(36)37-17-8-10-20-43(37)50-44/h1-28H. The summed E-state index contributed by atoms with van der Waals surface area (Å²) in [4.78, 5) is 10.5. The minimum atomic E-state index is 0.701. The molecule has 0 aliphatic heterocycles. The molecule has 0 spiro atoms. The zero-order chi connectivity index (χ0) is 33.0. The van der Waals surface area contributed by atoms with Gasteiger partial charge >= 0.3 is 0 Å². The van der Waals surface area contributed by atoms with Crippen LogP contribution in [-0.4, -0.2) is 9.97 Å². The van der Waals surface area contributed by atoms with Crippen molar-refractivity contribution in [1.82, 2.24) is 9.97 Å². The largest absolute Gasteiger partial charge is 0.456 e. The summed E-state index contributed by atoms with van der Waals surface area (Å²) in [6.45, 7) is 0. The van der Waals surface area contributed by atoms with E-state index in [2.05, 4.69) is 140 Å². The molecule has 0 atom stereocenters. The predicted molar refractivity (Wildman–Crippen MR) is 209 cm³/mol. The van der Waals surface area contributed by atoms with E-state index in [1.807, 2.05) is 41.7 Å². The van der Waals surface area contributed by atoms with Crippen LogP contribution in [0, 0.1) is 0 Å². The molecule has 0 radical (unpaired) electrons. The Hall–Kier alpha value is -6.36. The summed E-state index contributed by atoms with van der Waals surface area (Å²) >= 11 is 1.82. The van der Waals surface area contributed by atoms with Gasteiger partial charge in [-0.1, -0.05) is 115 Å². The minimum Gasteiger partial charge on any atom is -0.456 e. The maximum atomic E-state index is 6.18. The van der Waals surface area contributed by atoms with Crippen LogP contribution < -0.4 is 0 Å². The molecule has 3 nitrogen and oxygen atoms in total. The molecule has 7 aromatic carbocycles. The fourth-order valence-corrected chi connectivity index (χ4v) is 8.21. The van der Waals surface area contributed by atoms with Crippen molar-refractivity contribution in [3.8, 4) is 56.2 Å². The summed E-state index contributed by atoms with van der Waals surface area (Å²) < 4.78 is 8.70. The van der Waals surface area contributed by atoms with Crippen molar-refractivity contribution in [1.29, 1.82) is 0 Å². The Kier molecular flexibility index (Phi) is 6.68. The van der Waals surface area contributed by atoms with Crippen LogP contribution in [0.2, 0.25) is 0 Å². The molecule has 0 N–H and O–H groups in total. The van der Waals surface area contributed by atoms with E-state index < -0.39 is 0 Å². The van der Waals surface area contributed by atoms with Gasteiger partial charge in [-0.15, -0.1) is 11.3 Å². The molecule has 10 rings (SSSR count). The highest BCUT2D eigenvalue weighted by Crippen LogP contribution is 2.41. The number of thiophene rings is 1. The molecule has 50 heavy (non-hydrogen) atoms. The first-order valence-corrected chi connectivity index (χ1v) is 17.5. The van der Waals surface area contributed by atoms with E-state index in [0.29, 0.717) is 5.82 Å². The van der Waals surface area contributed by atoms with Crippen molar-refractivity contribution in [2.24, 2.45) is 0 Å². The Bertz CT molecular complexity index is 2870. The van der Waals surface area contributed by atoms with Crippen molar-refractivity contribution in [3.63, 3.8) is 0 Å². The number of fused-ring (bicyclic) bond motifs is 6. The molecule has 3 heterocycles. The van der Waals surface area contributed by atoms with Gasteiger partial charge in [0.1, 0.15) is 11.2 Å². The smallest absolute Gasteiger partial charge is 0.160 e. The van der Waals surface area contributed by atoms with Crippen LogP contribution in [-0.2, 0) is 0 Å². The van der Waals surface area contributed by atoms with Gasteiger partial charge in [-0.05, 0) is 76.9 Å². The molecule has 0 saturated heterocycles. The van der Waals surface area contributed by atoms with E-state index in [-0.39, 0.29) is 0 Å². The molecule has 0 aliphatic carbocycles. The lowest BCUT2D eigenvalue weighted by atomic mass is 9.93. The highest BCUT2D eigenvalue weighted by Gasteiger charge is 2.17. The third-order valence-corrected chi connectivity index (χ3v) is 10.6. The second-order valence-electron chi connectivity index (χ2n) is 12.6. The normalized spacial score (nSPS) is 11.6. The first kappa shape index (κ1) is 28.6. The molecule has 0 amide bonds. The topological polar surface area (TPSA) is 38.9 Å². The summed E-state index contributed by atoms with van der Waals surface area (Å²) in [7, 11) is 0.